The lowest BCUT2D eigenvalue weighted by atomic mass is 10.3. The van der Waals surface area contributed by atoms with Gasteiger partial charge in [-0.05, 0) is 24.3 Å². The van der Waals surface area contributed by atoms with Gasteiger partial charge in [-0.2, -0.15) is 4.99 Å². The Morgan fingerprint density at radius 1 is 1.38 bits per heavy atom. The van der Waals surface area contributed by atoms with Crippen LogP contribution >= 0.6 is 23.2 Å². The van der Waals surface area contributed by atoms with Gasteiger partial charge < -0.3 is 9.64 Å². The molecule has 1 aromatic rings. The third-order valence-electron chi connectivity index (χ3n) is 2.12. The molecule has 0 unspecified atom stereocenters. The summed E-state index contributed by atoms with van der Waals surface area (Å²) in [4.78, 5) is 6.22. The maximum atomic E-state index is 5.79. The first-order valence-electron chi connectivity index (χ1n) is 4.71. The molecule has 0 bridgehead atoms. The van der Waals surface area contributed by atoms with Gasteiger partial charge in [-0.15, -0.1) is 0 Å². The minimum Gasteiger partial charge on any atom is -0.427 e. The quantitative estimate of drug-likeness (QED) is 0.770. The smallest absolute Gasteiger partial charge is 0.298 e. The van der Waals surface area contributed by atoms with Gasteiger partial charge in [0.05, 0.1) is 12.2 Å². The predicted molar refractivity (Wildman–Crippen MR) is 66.2 cm³/mol. The van der Waals surface area contributed by atoms with Gasteiger partial charge in [0.1, 0.15) is 5.76 Å². The summed E-state index contributed by atoms with van der Waals surface area (Å²) in [6.07, 6.45) is 0. The molecule has 0 spiro atoms. The Morgan fingerprint density at radius 3 is 2.62 bits per heavy atom. The number of hydrogen-bond donors (Lipinski definition) is 0. The van der Waals surface area contributed by atoms with Gasteiger partial charge in [0.15, 0.2) is 0 Å². The Hall–Kier alpha value is -1.19. The fourth-order valence-corrected chi connectivity index (χ4v) is 1.56. The van der Waals surface area contributed by atoms with Gasteiger partial charge in [0, 0.05) is 17.6 Å². The zero-order valence-electron chi connectivity index (χ0n) is 8.65. The normalized spacial score (nSPS) is 20.6. The molecular weight excluding hydrogens is 247 g/mol. The van der Waals surface area contributed by atoms with E-state index in [0.29, 0.717) is 23.3 Å². The van der Waals surface area contributed by atoms with Crippen molar-refractivity contribution in [2.75, 3.05) is 13.6 Å². The first-order chi connectivity index (χ1) is 7.69. The lowest BCUT2D eigenvalue weighted by Gasteiger charge is -2.06. The highest BCUT2D eigenvalue weighted by atomic mass is 35.5. The van der Waals surface area contributed by atoms with Crippen molar-refractivity contribution in [3.8, 4) is 0 Å². The van der Waals surface area contributed by atoms with Crippen LogP contribution in [0.25, 0.3) is 0 Å². The molecule has 2 rings (SSSR count). The maximum Gasteiger partial charge on any atom is 0.298 e. The molecule has 3 nitrogen and oxygen atoms in total. The summed E-state index contributed by atoms with van der Waals surface area (Å²) >= 11 is 11.4. The van der Waals surface area contributed by atoms with E-state index in [9.17, 15) is 0 Å². The van der Waals surface area contributed by atoms with Gasteiger partial charge in [-0.1, -0.05) is 23.2 Å². The summed E-state index contributed by atoms with van der Waals surface area (Å²) in [6, 6.07) is 7.76. The molecule has 0 atom stereocenters. The van der Waals surface area contributed by atoms with Gasteiger partial charge in [0.25, 0.3) is 6.02 Å². The van der Waals surface area contributed by atoms with Crippen LogP contribution in [0.15, 0.2) is 40.6 Å². The van der Waals surface area contributed by atoms with E-state index in [1.54, 1.807) is 12.1 Å². The van der Waals surface area contributed by atoms with Gasteiger partial charge in [-0.25, -0.2) is 0 Å². The Morgan fingerprint density at radius 2 is 2.06 bits per heavy atom. The van der Waals surface area contributed by atoms with E-state index < -0.39 is 0 Å². The fourth-order valence-electron chi connectivity index (χ4n) is 1.32. The molecule has 1 fully saturated rings. The van der Waals surface area contributed by atoms with Crippen LogP contribution < -0.4 is 0 Å². The van der Waals surface area contributed by atoms with Crippen molar-refractivity contribution in [1.29, 1.82) is 0 Å². The number of amidine groups is 1. The van der Waals surface area contributed by atoms with Crippen molar-refractivity contribution in [1.82, 2.24) is 4.90 Å². The fraction of sp³-hybridized carbons (Fsp3) is 0.182. The average molecular weight is 257 g/mol. The zero-order valence-corrected chi connectivity index (χ0v) is 10.2. The molecule has 0 aromatic heterocycles. The second-order valence-corrected chi connectivity index (χ2v) is 4.06. The second kappa shape index (κ2) is 4.76. The average Bonchev–Trinajstić information content (AvgIpc) is 2.63. The Balaban J connectivity index is 2.21. The number of benzene rings is 1. The van der Waals surface area contributed by atoms with Crippen LogP contribution in [-0.2, 0) is 4.74 Å². The highest BCUT2D eigenvalue weighted by Gasteiger charge is 2.20. The van der Waals surface area contributed by atoms with Crippen LogP contribution in [0, 0.1) is 0 Å². The van der Waals surface area contributed by atoms with Gasteiger partial charge in [0.2, 0.25) is 0 Å². The molecule has 1 aliphatic heterocycles. The molecule has 1 aliphatic rings. The zero-order chi connectivity index (χ0) is 11.5. The molecule has 84 valence electrons. The van der Waals surface area contributed by atoms with E-state index in [4.69, 9.17) is 27.9 Å². The molecule has 5 heteroatoms. The third-order valence-corrected chi connectivity index (χ3v) is 2.61. The van der Waals surface area contributed by atoms with Crippen molar-refractivity contribution in [3.63, 3.8) is 0 Å². The minimum absolute atomic E-state index is 0.536. The summed E-state index contributed by atoms with van der Waals surface area (Å²) in [7, 11) is 1.89. The monoisotopic (exact) mass is 256 g/mol. The summed E-state index contributed by atoms with van der Waals surface area (Å²) in [5, 5.41) is 0.686. The third kappa shape index (κ3) is 2.49. The highest BCUT2D eigenvalue weighted by molar-refractivity contribution is 6.30. The van der Waals surface area contributed by atoms with E-state index in [0.717, 1.165) is 5.69 Å². The van der Waals surface area contributed by atoms with E-state index in [2.05, 4.69) is 4.99 Å². The number of halogens is 2. The lowest BCUT2D eigenvalue weighted by Crippen LogP contribution is -2.19. The number of hydrogen-bond acceptors (Lipinski definition) is 2. The predicted octanol–water partition coefficient (Wildman–Crippen LogP) is 3.37. The summed E-state index contributed by atoms with van der Waals surface area (Å²) in [6.45, 7) is 0.635. The largest absolute Gasteiger partial charge is 0.427 e. The molecule has 1 saturated heterocycles. The molecule has 0 amide bonds. The van der Waals surface area contributed by atoms with Crippen molar-refractivity contribution < 1.29 is 4.74 Å². The molecule has 0 N–H and O–H groups in total. The van der Waals surface area contributed by atoms with Gasteiger partial charge in [-0.3, -0.25) is 0 Å². The molecule has 0 aliphatic carbocycles. The van der Waals surface area contributed by atoms with Crippen molar-refractivity contribution in [3.05, 3.63) is 40.6 Å². The first-order valence-corrected chi connectivity index (χ1v) is 5.53. The van der Waals surface area contributed by atoms with Crippen LogP contribution in [0.5, 0.6) is 0 Å². The summed E-state index contributed by atoms with van der Waals surface area (Å²) < 4.78 is 5.43. The van der Waals surface area contributed by atoms with Crippen molar-refractivity contribution in [2.45, 2.75) is 0 Å². The number of likely N-dealkylation sites (N-methyl/N-ethyl adjacent to an activating group) is 1. The topological polar surface area (TPSA) is 24.8 Å². The Kier molecular flexibility index (Phi) is 3.36. The highest BCUT2D eigenvalue weighted by Crippen LogP contribution is 2.20. The number of aliphatic imine (C=N–C) groups is 1. The summed E-state index contributed by atoms with van der Waals surface area (Å²) in [5.74, 6) is 0.692. The summed E-state index contributed by atoms with van der Waals surface area (Å²) in [5.41, 5.74) is 2.21. The molecule has 16 heavy (non-hydrogen) atoms. The molecular formula is C11H10Cl2N2O. The molecule has 1 heterocycles. The lowest BCUT2D eigenvalue weighted by molar-refractivity contribution is 0.433. The molecule has 0 saturated carbocycles. The first kappa shape index (κ1) is 11.3. The molecule has 1 aromatic carbocycles. The van der Waals surface area contributed by atoms with Gasteiger partial charge >= 0.3 is 0 Å². The van der Waals surface area contributed by atoms with Crippen LogP contribution in [0.3, 0.4) is 0 Å². The second-order valence-electron chi connectivity index (χ2n) is 3.40. The number of rotatable bonds is 1. The van der Waals surface area contributed by atoms with E-state index in [1.807, 2.05) is 24.1 Å². The van der Waals surface area contributed by atoms with Crippen molar-refractivity contribution in [2.24, 2.45) is 4.99 Å². The van der Waals surface area contributed by atoms with Crippen LogP contribution in [0.1, 0.15) is 0 Å². The maximum absolute atomic E-state index is 5.79. The van der Waals surface area contributed by atoms with Crippen LogP contribution in [-0.4, -0.2) is 24.5 Å². The minimum atomic E-state index is 0.536. The number of nitrogens with zero attached hydrogens (tertiary/aromatic N) is 2. The Labute approximate surface area is 104 Å². The van der Waals surface area contributed by atoms with E-state index >= 15 is 0 Å². The van der Waals surface area contributed by atoms with Crippen LogP contribution in [0.2, 0.25) is 5.02 Å². The van der Waals surface area contributed by atoms with E-state index in [-0.39, 0.29) is 0 Å². The number of ether oxygens (including phenoxy) is 1. The SMILES string of the molecule is CN1C/C(=C\Cl)OC1=Nc1ccc(Cl)cc1. The van der Waals surface area contributed by atoms with E-state index in [1.165, 1.54) is 5.54 Å². The molecule has 0 radical (unpaired) electrons. The standard InChI is InChI=1S/C11H10Cl2N2O/c1-15-7-10(6-12)16-11(15)14-9-4-2-8(13)3-5-9/h2-6H,7H2,1H3/b10-6+,14-11?. The van der Waals surface area contributed by atoms with Crippen molar-refractivity contribution >= 4 is 34.9 Å². The Bertz CT molecular complexity index is 440. The van der Waals surface area contributed by atoms with Crippen LogP contribution in [0.4, 0.5) is 5.69 Å².